The van der Waals surface area contributed by atoms with Crippen molar-refractivity contribution < 1.29 is 9.26 Å². The maximum atomic E-state index is 5.88. The second-order valence-electron chi connectivity index (χ2n) is 7.06. The molecule has 0 amide bonds. The SMILES string of the molecule is COC1(c2noc(C(CN)CC(C)(C)C)n2)CCCC1. The first-order valence-corrected chi connectivity index (χ1v) is 7.49. The lowest BCUT2D eigenvalue weighted by molar-refractivity contribution is -0.0178. The number of nitrogens with zero attached hydrogens (tertiary/aromatic N) is 2. The average Bonchev–Trinajstić information content (AvgIpc) is 3.04. The molecule has 0 radical (unpaired) electrons. The zero-order chi connectivity index (χ0) is 14.8. The average molecular weight is 281 g/mol. The Labute approximate surface area is 121 Å². The maximum absolute atomic E-state index is 5.88. The third kappa shape index (κ3) is 3.20. The monoisotopic (exact) mass is 281 g/mol. The molecule has 0 aromatic carbocycles. The van der Waals surface area contributed by atoms with E-state index in [2.05, 4.69) is 30.9 Å². The summed E-state index contributed by atoms with van der Waals surface area (Å²) in [6.07, 6.45) is 5.18. The summed E-state index contributed by atoms with van der Waals surface area (Å²) in [6.45, 7) is 7.11. The quantitative estimate of drug-likeness (QED) is 0.898. The molecule has 0 bridgehead atoms. The Kier molecular flexibility index (Phi) is 4.49. The summed E-state index contributed by atoms with van der Waals surface area (Å²) in [7, 11) is 1.73. The molecular weight excluding hydrogens is 254 g/mol. The van der Waals surface area contributed by atoms with Gasteiger partial charge < -0.3 is 15.0 Å². The van der Waals surface area contributed by atoms with Crippen molar-refractivity contribution in [3.8, 4) is 0 Å². The van der Waals surface area contributed by atoms with Gasteiger partial charge in [0, 0.05) is 13.7 Å². The van der Waals surface area contributed by atoms with Gasteiger partial charge in [0.1, 0.15) is 5.60 Å². The predicted octanol–water partition coefficient (Wildman–Crippen LogP) is 2.96. The van der Waals surface area contributed by atoms with Crippen molar-refractivity contribution in [2.24, 2.45) is 11.1 Å². The van der Waals surface area contributed by atoms with Crippen LogP contribution in [0.1, 0.15) is 70.5 Å². The highest BCUT2D eigenvalue weighted by Crippen LogP contribution is 2.40. The summed E-state index contributed by atoms with van der Waals surface area (Å²) in [5.41, 5.74) is 5.72. The van der Waals surface area contributed by atoms with Gasteiger partial charge in [-0.2, -0.15) is 4.98 Å². The van der Waals surface area contributed by atoms with E-state index >= 15 is 0 Å². The van der Waals surface area contributed by atoms with Crippen LogP contribution in [0, 0.1) is 5.41 Å². The Morgan fingerprint density at radius 2 is 2.00 bits per heavy atom. The molecule has 1 atom stereocenters. The van der Waals surface area contributed by atoms with E-state index in [1.165, 1.54) is 0 Å². The second-order valence-corrected chi connectivity index (χ2v) is 7.06. The molecule has 0 aliphatic heterocycles. The van der Waals surface area contributed by atoms with Crippen molar-refractivity contribution in [1.82, 2.24) is 10.1 Å². The normalized spacial score (nSPS) is 20.2. The van der Waals surface area contributed by atoms with Crippen LogP contribution in [0.2, 0.25) is 0 Å². The predicted molar refractivity (Wildman–Crippen MR) is 77.3 cm³/mol. The molecule has 5 nitrogen and oxygen atoms in total. The van der Waals surface area contributed by atoms with Crippen molar-refractivity contribution in [2.45, 2.75) is 64.4 Å². The minimum absolute atomic E-state index is 0.117. The Balaban J connectivity index is 2.19. The van der Waals surface area contributed by atoms with Crippen LogP contribution in [0.25, 0.3) is 0 Å². The standard InChI is InChI=1S/C15H27N3O2/c1-14(2,3)9-11(10-16)12-17-13(18-20-12)15(19-4)7-5-6-8-15/h11H,5-10,16H2,1-4H3. The van der Waals surface area contributed by atoms with Crippen LogP contribution in [0.15, 0.2) is 4.52 Å². The third-order valence-corrected chi connectivity index (χ3v) is 4.14. The van der Waals surface area contributed by atoms with E-state index in [-0.39, 0.29) is 16.9 Å². The van der Waals surface area contributed by atoms with E-state index in [1.807, 2.05) is 0 Å². The molecule has 1 aliphatic carbocycles. The fourth-order valence-corrected chi connectivity index (χ4v) is 3.06. The maximum Gasteiger partial charge on any atom is 0.231 e. The highest BCUT2D eigenvalue weighted by atomic mass is 16.5. The lowest BCUT2D eigenvalue weighted by Gasteiger charge is -2.23. The molecule has 1 aromatic rings. The molecule has 1 aliphatic rings. The van der Waals surface area contributed by atoms with Crippen LogP contribution in [-0.4, -0.2) is 23.8 Å². The molecule has 1 aromatic heterocycles. The first kappa shape index (κ1) is 15.4. The summed E-state index contributed by atoms with van der Waals surface area (Å²) in [4.78, 5) is 4.61. The Hall–Kier alpha value is -0.940. The second kappa shape index (κ2) is 5.82. The van der Waals surface area contributed by atoms with Crippen molar-refractivity contribution in [3.05, 3.63) is 11.7 Å². The molecular formula is C15H27N3O2. The molecule has 0 spiro atoms. The Bertz CT molecular complexity index is 431. The van der Waals surface area contributed by atoms with Crippen molar-refractivity contribution in [1.29, 1.82) is 0 Å². The van der Waals surface area contributed by atoms with E-state index < -0.39 is 0 Å². The van der Waals surface area contributed by atoms with Crippen LogP contribution in [-0.2, 0) is 10.3 Å². The third-order valence-electron chi connectivity index (χ3n) is 4.14. The number of rotatable bonds is 5. The summed E-state index contributed by atoms with van der Waals surface area (Å²) < 4.78 is 11.2. The van der Waals surface area contributed by atoms with Crippen LogP contribution in [0.4, 0.5) is 0 Å². The largest absolute Gasteiger partial charge is 0.370 e. The molecule has 1 saturated carbocycles. The van der Waals surface area contributed by atoms with Gasteiger partial charge >= 0.3 is 0 Å². The van der Waals surface area contributed by atoms with E-state index in [9.17, 15) is 0 Å². The minimum atomic E-state index is -0.345. The van der Waals surface area contributed by atoms with Crippen LogP contribution < -0.4 is 5.73 Å². The number of hydrogen-bond acceptors (Lipinski definition) is 5. The topological polar surface area (TPSA) is 74.2 Å². The number of nitrogens with two attached hydrogens (primary N) is 1. The van der Waals surface area contributed by atoms with Gasteiger partial charge in [0.25, 0.3) is 0 Å². The molecule has 0 saturated heterocycles. The van der Waals surface area contributed by atoms with Gasteiger partial charge in [-0.25, -0.2) is 0 Å². The fourth-order valence-electron chi connectivity index (χ4n) is 3.06. The number of aromatic nitrogens is 2. The van der Waals surface area contributed by atoms with Gasteiger partial charge in [-0.05, 0) is 37.5 Å². The van der Waals surface area contributed by atoms with E-state index in [1.54, 1.807) is 7.11 Å². The van der Waals surface area contributed by atoms with Crippen molar-refractivity contribution in [3.63, 3.8) is 0 Å². The van der Waals surface area contributed by atoms with Crippen LogP contribution >= 0.6 is 0 Å². The molecule has 2 N–H and O–H groups in total. The summed E-state index contributed by atoms with van der Waals surface area (Å²) in [5.74, 6) is 1.46. The van der Waals surface area contributed by atoms with Crippen molar-refractivity contribution >= 4 is 0 Å². The highest BCUT2D eigenvalue weighted by Gasteiger charge is 2.40. The first-order valence-electron chi connectivity index (χ1n) is 7.49. The highest BCUT2D eigenvalue weighted by molar-refractivity contribution is 5.06. The van der Waals surface area contributed by atoms with Gasteiger partial charge in [-0.1, -0.05) is 25.9 Å². The molecule has 2 rings (SSSR count). The molecule has 114 valence electrons. The Morgan fingerprint density at radius 3 is 2.50 bits per heavy atom. The summed E-state index contributed by atoms with van der Waals surface area (Å²) in [5, 5.41) is 4.17. The lowest BCUT2D eigenvalue weighted by atomic mass is 9.84. The zero-order valence-corrected chi connectivity index (χ0v) is 13.1. The smallest absolute Gasteiger partial charge is 0.231 e. The van der Waals surface area contributed by atoms with Gasteiger partial charge in [0.05, 0.1) is 5.92 Å². The summed E-state index contributed by atoms with van der Waals surface area (Å²) >= 11 is 0. The van der Waals surface area contributed by atoms with E-state index in [0.29, 0.717) is 18.3 Å². The van der Waals surface area contributed by atoms with E-state index in [4.69, 9.17) is 15.0 Å². The van der Waals surface area contributed by atoms with Gasteiger partial charge in [-0.15, -0.1) is 0 Å². The van der Waals surface area contributed by atoms with Gasteiger partial charge in [-0.3, -0.25) is 0 Å². The lowest BCUT2D eigenvalue weighted by Crippen LogP contribution is -2.26. The summed E-state index contributed by atoms with van der Waals surface area (Å²) in [6, 6.07) is 0. The number of methoxy groups -OCH3 is 1. The van der Waals surface area contributed by atoms with Gasteiger partial charge in [0.15, 0.2) is 0 Å². The Morgan fingerprint density at radius 1 is 1.35 bits per heavy atom. The zero-order valence-electron chi connectivity index (χ0n) is 13.1. The number of ether oxygens (including phenoxy) is 1. The molecule has 5 heteroatoms. The van der Waals surface area contributed by atoms with Crippen LogP contribution in [0.3, 0.4) is 0 Å². The number of hydrogen-bond donors (Lipinski definition) is 1. The molecule has 1 fully saturated rings. The fraction of sp³-hybridized carbons (Fsp3) is 0.867. The molecule has 20 heavy (non-hydrogen) atoms. The molecule has 1 heterocycles. The van der Waals surface area contributed by atoms with Crippen molar-refractivity contribution in [2.75, 3.05) is 13.7 Å². The minimum Gasteiger partial charge on any atom is -0.370 e. The first-order chi connectivity index (χ1) is 9.40. The molecule has 1 unspecified atom stereocenters. The van der Waals surface area contributed by atoms with E-state index in [0.717, 1.165) is 32.1 Å². The van der Waals surface area contributed by atoms with Crippen LogP contribution in [0.5, 0.6) is 0 Å². The van der Waals surface area contributed by atoms with Gasteiger partial charge in [0.2, 0.25) is 11.7 Å².